The Balaban J connectivity index is 2.82. The van der Waals surface area contributed by atoms with E-state index in [4.69, 9.17) is 10.2 Å². The van der Waals surface area contributed by atoms with Gasteiger partial charge in [0, 0.05) is 6.54 Å². The summed E-state index contributed by atoms with van der Waals surface area (Å²) < 4.78 is 0. The molecule has 1 radical (unpaired) electrons. The van der Waals surface area contributed by atoms with Crippen LogP contribution in [0.15, 0.2) is 0 Å². The Morgan fingerprint density at radius 3 is 2.62 bits per heavy atom. The summed E-state index contributed by atoms with van der Waals surface area (Å²) in [4.78, 5) is 9.70. The molecule has 0 heterocycles. The molecule has 4 heteroatoms. The van der Waals surface area contributed by atoms with Crippen molar-refractivity contribution in [3.63, 3.8) is 0 Å². The van der Waals surface area contributed by atoms with E-state index in [2.05, 4.69) is 5.32 Å². The summed E-state index contributed by atoms with van der Waals surface area (Å²) in [6.07, 6.45) is 0. The van der Waals surface area contributed by atoms with Crippen molar-refractivity contribution in [1.29, 1.82) is 0 Å². The zero-order chi connectivity index (χ0) is 6.41. The van der Waals surface area contributed by atoms with E-state index in [1.54, 1.807) is 0 Å². The molecule has 0 bridgehead atoms. The highest BCUT2D eigenvalue weighted by atomic mass is 16.4. The van der Waals surface area contributed by atoms with Gasteiger partial charge in [-0.1, -0.05) is 0 Å². The van der Waals surface area contributed by atoms with Gasteiger partial charge in [-0.15, -0.1) is 0 Å². The zero-order valence-electron chi connectivity index (χ0n) is 4.37. The highest BCUT2D eigenvalue weighted by Crippen LogP contribution is 1.61. The largest absolute Gasteiger partial charge is 0.480 e. The molecule has 8 heavy (non-hydrogen) atoms. The number of aliphatic hydroxyl groups excluding tert-OH is 1. The molecular formula is C4H8NO3. The average Bonchev–Trinajstić information content (AvgIpc) is 1.66. The van der Waals surface area contributed by atoms with Gasteiger partial charge in [0.25, 0.3) is 0 Å². The molecule has 2 N–H and O–H groups in total. The van der Waals surface area contributed by atoms with Crippen molar-refractivity contribution >= 4 is 5.97 Å². The Hall–Kier alpha value is -0.610. The van der Waals surface area contributed by atoms with E-state index >= 15 is 0 Å². The highest BCUT2D eigenvalue weighted by Gasteiger charge is 1.93. The first-order valence-corrected chi connectivity index (χ1v) is 2.23. The van der Waals surface area contributed by atoms with Crippen molar-refractivity contribution in [3.05, 3.63) is 0 Å². The van der Waals surface area contributed by atoms with E-state index in [0.717, 1.165) is 0 Å². The van der Waals surface area contributed by atoms with Gasteiger partial charge in [-0.25, -0.2) is 5.32 Å². The number of carboxylic acid groups (broad SMARTS) is 1. The molecule has 0 aliphatic heterocycles. The van der Waals surface area contributed by atoms with Gasteiger partial charge < -0.3 is 10.2 Å². The van der Waals surface area contributed by atoms with Crippen molar-refractivity contribution < 1.29 is 15.0 Å². The van der Waals surface area contributed by atoms with Gasteiger partial charge in [0.15, 0.2) is 0 Å². The van der Waals surface area contributed by atoms with E-state index < -0.39 is 5.97 Å². The Labute approximate surface area is 47.1 Å². The molecule has 0 fully saturated rings. The minimum absolute atomic E-state index is 0.0761. The first-order chi connectivity index (χ1) is 3.77. The van der Waals surface area contributed by atoms with Gasteiger partial charge in [0.2, 0.25) is 0 Å². The van der Waals surface area contributed by atoms with Gasteiger partial charge in [-0.2, -0.15) is 0 Å². The van der Waals surface area contributed by atoms with E-state index in [1.807, 2.05) is 0 Å². The molecular weight excluding hydrogens is 110 g/mol. The summed E-state index contributed by atoms with van der Waals surface area (Å²) in [5.74, 6) is -0.960. The molecule has 0 rings (SSSR count). The van der Waals surface area contributed by atoms with Crippen LogP contribution in [0, 0.1) is 0 Å². The van der Waals surface area contributed by atoms with Crippen LogP contribution >= 0.6 is 0 Å². The van der Waals surface area contributed by atoms with Crippen LogP contribution in [-0.4, -0.2) is 35.9 Å². The molecule has 0 aliphatic rings. The zero-order valence-corrected chi connectivity index (χ0v) is 4.37. The summed E-state index contributed by atoms with van der Waals surface area (Å²) in [6, 6.07) is 0. The summed E-state index contributed by atoms with van der Waals surface area (Å²) in [5.41, 5.74) is 0. The summed E-state index contributed by atoms with van der Waals surface area (Å²) in [5, 5.41) is 19.5. The van der Waals surface area contributed by atoms with Crippen LogP contribution in [0.25, 0.3) is 0 Å². The fraction of sp³-hybridized carbons (Fsp3) is 0.750. The molecule has 47 valence electrons. The highest BCUT2D eigenvalue weighted by molar-refractivity contribution is 5.68. The van der Waals surface area contributed by atoms with Gasteiger partial charge in [0.05, 0.1) is 6.61 Å². The van der Waals surface area contributed by atoms with Crippen LogP contribution in [0.4, 0.5) is 0 Å². The molecule has 0 saturated carbocycles. The molecule has 0 atom stereocenters. The van der Waals surface area contributed by atoms with Crippen LogP contribution in [-0.2, 0) is 4.79 Å². The topological polar surface area (TPSA) is 71.6 Å². The van der Waals surface area contributed by atoms with E-state index in [0.29, 0.717) is 0 Å². The predicted octanol–water partition coefficient (Wildman–Crippen LogP) is -1.33. The molecule has 4 nitrogen and oxygen atoms in total. The molecule has 0 spiro atoms. The second-order valence-electron chi connectivity index (χ2n) is 1.22. The van der Waals surface area contributed by atoms with Crippen LogP contribution in [0.2, 0.25) is 0 Å². The maximum Gasteiger partial charge on any atom is 0.319 e. The lowest BCUT2D eigenvalue weighted by atomic mass is 10.6. The third kappa shape index (κ3) is 5.39. The summed E-state index contributed by atoms with van der Waals surface area (Å²) >= 11 is 0. The molecule has 0 amide bonds. The Bertz CT molecular complexity index is 73.7. The van der Waals surface area contributed by atoms with Crippen molar-refractivity contribution in [1.82, 2.24) is 5.32 Å². The Kier molecular flexibility index (Phi) is 4.20. The molecule has 0 aromatic heterocycles. The maximum atomic E-state index is 9.70. The number of hydrogen-bond donors (Lipinski definition) is 2. The van der Waals surface area contributed by atoms with Gasteiger partial charge in [-0.05, 0) is 0 Å². The quantitative estimate of drug-likeness (QED) is 0.449. The summed E-state index contributed by atoms with van der Waals surface area (Å²) in [7, 11) is 0. The van der Waals surface area contributed by atoms with Crippen molar-refractivity contribution in [3.8, 4) is 0 Å². The SMILES string of the molecule is O=C(O)C[N]CCO. The normalized spacial score (nSPS) is 9.12. The second kappa shape index (κ2) is 4.55. The van der Waals surface area contributed by atoms with Crippen molar-refractivity contribution in [2.24, 2.45) is 0 Å². The molecule has 0 aromatic rings. The number of hydrogen-bond acceptors (Lipinski definition) is 2. The second-order valence-corrected chi connectivity index (χ2v) is 1.22. The lowest BCUT2D eigenvalue weighted by Gasteiger charge is -1.91. The first kappa shape index (κ1) is 7.39. The minimum atomic E-state index is -0.960. The predicted molar refractivity (Wildman–Crippen MR) is 26.6 cm³/mol. The number of rotatable bonds is 4. The lowest BCUT2D eigenvalue weighted by Crippen LogP contribution is -2.18. The Morgan fingerprint density at radius 2 is 2.25 bits per heavy atom. The monoisotopic (exact) mass is 118 g/mol. The van der Waals surface area contributed by atoms with Gasteiger partial charge >= 0.3 is 5.97 Å². The van der Waals surface area contributed by atoms with E-state index in [9.17, 15) is 4.79 Å². The van der Waals surface area contributed by atoms with Gasteiger partial charge in [-0.3, -0.25) is 4.79 Å². The van der Waals surface area contributed by atoms with E-state index in [1.165, 1.54) is 0 Å². The number of carboxylic acids is 1. The number of aliphatic hydroxyl groups is 1. The average molecular weight is 118 g/mol. The number of aliphatic carboxylic acids is 1. The molecule has 0 unspecified atom stereocenters. The van der Waals surface area contributed by atoms with Crippen molar-refractivity contribution in [2.75, 3.05) is 19.7 Å². The summed E-state index contributed by atoms with van der Waals surface area (Å²) in [6.45, 7) is -0.0693. The van der Waals surface area contributed by atoms with Gasteiger partial charge in [0.1, 0.15) is 6.54 Å². The third-order valence-corrected chi connectivity index (χ3v) is 0.505. The fourth-order valence-corrected chi connectivity index (χ4v) is 0.245. The number of carbonyl (C=O) groups is 1. The molecule has 0 saturated heterocycles. The van der Waals surface area contributed by atoms with Crippen LogP contribution in [0.3, 0.4) is 0 Å². The van der Waals surface area contributed by atoms with Crippen molar-refractivity contribution in [2.45, 2.75) is 0 Å². The van der Waals surface area contributed by atoms with E-state index in [-0.39, 0.29) is 19.7 Å². The number of nitrogens with zero attached hydrogens (tertiary/aromatic N) is 1. The van der Waals surface area contributed by atoms with Crippen LogP contribution in [0.1, 0.15) is 0 Å². The fourth-order valence-electron chi connectivity index (χ4n) is 0.245. The maximum absolute atomic E-state index is 9.70. The molecule has 0 aliphatic carbocycles. The third-order valence-electron chi connectivity index (χ3n) is 0.505. The Morgan fingerprint density at radius 1 is 1.62 bits per heavy atom. The van der Waals surface area contributed by atoms with Crippen LogP contribution < -0.4 is 5.32 Å². The minimum Gasteiger partial charge on any atom is -0.480 e. The smallest absolute Gasteiger partial charge is 0.319 e. The standard InChI is InChI=1S/C4H8NO3/c6-2-1-5-3-4(7)8/h6H,1-3H2,(H,7,8). The molecule has 0 aromatic carbocycles. The first-order valence-electron chi connectivity index (χ1n) is 2.23. The van der Waals surface area contributed by atoms with Crippen LogP contribution in [0.5, 0.6) is 0 Å². The lowest BCUT2D eigenvalue weighted by molar-refractivity contribution is -0.136.